The number of carbonyl (C=O) groups is 2. The van der Waals surface area contributed by atoms with Crippen LogP contribution in [-0.4, -0.2) is 41.1 Å². The van der Waals surface area contributed by atoms with Crippen molar-refractivity contribution in [2.24, 2.45) is 0 Å². The van der Waals surface area contributed by atoms with E-state index in [-0.39, 0.29) is 24.1 Å². The van der Waals surface area contributed by atoms with Gasteiger partial charge < -0.3 is 9.64 Å². The first-order valence-electron chi connectivity index (χ1n) is 6.26. The summed E-state index contributed by atoms with van der Waals surface area (Å²) in [5.41, 5.74) is -0.716. The summed E-state index contributed by atoms with van der Waals surface area (Å²) in [6.07, 6.45) is 2.92. The second-order valence-electron chi connectivity index (χ2n) is 5.14. The molecular weight excluding hydrogens is 220 g/mol. The number of carbonyl (C=O) groups excluding carboxylic acids is 2. The fraction of sp³-hybridized carbons (Fsp3) is 0.833. The van der Waals surface area contributed by atoms with Crippen molar-refractivity contribution >= 4 is 11.9 Å². The Hall–Kier alpha value is -1.10. The topological polar surface area (TPSA) is 58.6 Å². The molecule has 2 aliphatic heterocycles. The van der Waals surface area contributed by atoms with E-state index in [9.17, 15) is 9.59 Å². The summed E-state index contributed by atoms with van der Waals surface area (Å²) in [5, 5.41) is 2.39. The molecule has 2 aliphatic rings. The van der Waals surface area contributed by atoms with Crippen molar-refractivity contribution in [2.45, 2.75) is 57.8 Å². The Morgan fingerprint density at radius 3 is 2.71 bits per heavy atom. The highest BCUT2D eigenvalue weighted by Gasteiger charge is 2.48. The average Bonchev–Trinajstić information content (AvgIpc) is 2.77. The lowest BCUT2D eigenvalue weighted by Crippen LogP contribution is -2.49. The van der Waals surface area contributed by atoms with Crippen molar-refractivity contribution < 1.29 is 14.3 Å². The Morgan fingerprint density at radius 2 is 2.18 bits per heavy atom. The zero-order valence-corrected chi connectivity index (χ0v) is 10.7. The van der Waals surface area contributed by atoms with Gasteiger partial charge in [0.25, 0.3) is 5.91 Å². The number of rotatable bonds is 3. The Balaban J connectivity index is 2.08. The van der Waals surface area contributed by atoms with Crippen LogP contribution >= 0.6 is 0 Å². The molecule has 2 saturated heterocycles. The zero-order valence-electron chi connectivity index (χ0n) is 10.7. The van der Waals surface area contributed by atoms with Crippen LogP contribution in [0.5, 0.6) is 0 Å². The maximum Gasteiger partial charge on any atom is 0.325 e. The van der Waals surface area contributed by atoms with Crippen LogP contribution in [0.25, 0.3) is 0 Å². The molecule has 3 amide bonds. The van der Waals surface area contributed by atoms with Crippen molar-refractivity contribution in [3.63, 3.8) is 0 Å². The monoisotopic (exact) mass is 240 g/mol. The molecule has 0 aromatic carbocycles. The largest absolute Gasteiger partial charge is 0.373 e. The number of hydrogen-bond acceptors (Lipinski definition) is 3. The van der Waals surface area contributed by atoms with Crippen molar-refractivity contribution in [3.05, 3.63) is 0 Å². The van der Waals surface area contributed by atoms with E-state index in [2.05, 4.69) is 5.32 Å². The molecule has 0 radical (unpaired) electrons. The van der Waals surface area contributed by atoms with Gasteiger partial charge in [0, 0.05) is 6.54 Å². The average molecular weight is 240 g/mol. The van der Waals surface area contributed by atoms with Crippen LogP contribution in [-0.2, 0) is 9.53 Å². The molecule has 0 bridgehead atoms. The van der Waals surface area contributed by atoms with Gasteiger partial charge in [0.2, 0.25) is 0 Å². The SMILES string of the molecule is CCC1(C)C(=O)NC(=O)N1CC1CCC(C)O1. The molecule has 3 unspecified atom stereocenters. The molecule has 0 aliphatic carbocycles. The quantitative estimate of drug-likeness (QED) is 0.756. The van der Waals surface area contributed by atoms with Crippen molar-refractivity contribution in [2.75, 3.05) is 6.54 Å². The second-order valence-corrected chi connectivity index (χ2v) is 5.14. The Labute approximate surface area is 101 Å². The van der Waals surface area contributed by atoms with E-state index in [1.54, 1.807) is 4.90 Å². The summed E-state index contributed by atoms with van der Waals surface area (Å²) in [7, 11) is 0. The highest BCUT2D eigenvalue weighted by Crippen LogP contribution is 2.28. The molecule has 0 spiro atoms. The number of urea groups is 1. The standard InChI is InChI=1S/C12H20N2O3/c1-4-12(3)10(15)13-11(16)14(12)7-9-6-5-8(2)17-9/h8-9H,4-7H2,1-3H3,(H,13,15,16). The van der Waals surface area contributed by atoms with E-state index < -0.39 is 5.54 Å². The van der Waals surface area contributed by atoms with Crippen LogP contribution in [0.2, 0.25) is 0 Å². The summed E-state index contributed by atoms with van der Waals surface area (Å²) in [4.78, 5) is 25.2. The molecule has 1 N–H and O–H groups in total. The molecule has 2 fully saturated rings. The van der Waals surface area contributed by atoms with Crippen molar-refractivity contribution in [3.8, 4) is 0 Å². The first-order chi connectivity index (χ1) is 7.97. The minimum Gasteiger partial charge on any atom is -0.373 e. The minimum absolute atomic E-state index is 0.0625. The van der Waals surface area contributed by atoms with E-state index >= 15 is 0 Å². The van der Waals surface area contributed by atoms with Gasteiger partial charge >= 0.3 is 6.03 Å². The van der Waals surface area contributed by atoms with Crippen LogP contribution in [0, 0.1) is 0 Å². The molecule has 2 heterocycles. The van der Waals surface area contributed by atoms with Crippen LogP contribution in [0.4, 0.5) is 4.79 Å². The predicted octanol–water partition coefficient (Wildman–Crippen LogP) is 1.27. The number of ether oxygens (including phenoxy) is 1. The van der Waals surface area contributed by atoms with E-state index in [0.717, 1.165) is 12.8 Å². The lowest BCUT2D eigenvalue weighted by atomic mass is 9.97. The molecular formula is C12H20N2O3. The predicted molar refractivity (Wildman–Crippen MR) is 62.5 cm³/mol. The normalized spacial score (nSPS) is 37.7. The van der Waals surface area contributed by atoms with Gasteiger partial charge in [0.1, 0.15) is 5.54 Å². The van der Waals surface area contributed by atoms with Crippen LogP contribution in [0.3, 0.4) is 0 Å². The summed E-state index contributed by atoms with van der Waals surface area (Å²) < 4.78 is 5.71. The van der Waals surface area contributed by atoms with Gasteiger partial charge in [-0.25, -0.2) is 4.79 Å². The third-order valence-corrected chi connectivity index (χ3v) is 3.95. The highest BCUT2D eigenvalue weighted by molar-refractivity contribution is 6.06. The first-order valence-corrected chi connectivity index (χ1v) is 6.26. The second kappa shape index (κ2) is 4.29. The first kappa shape index (κ1) is 12.4. The Morgan fingerprint density at radius 1 is 1.47 bits per heavy atom. The Kier molecular flexibility index (Phi) is 3.12. The molecule has 0 aromatic rings. The molecule has 5 nitrogen and oxygen atoms in total. The molecule has 0 saturated carbocycles. The smallest absolute Gasteiger partial charge is 0.325 e. The fourth-order valence-electron chi connectivity index (χ4n) is 2.50. The number of imide groups is 1. The van der Waals surface area contributed by atoms with Crippen LogP contribution < -0.4 is 5.32 Å². The summed E-state index contributed by atoms with van der Waals surface area (Å²) in [6, 6.07) is -0.289. The molecule has 96 valence electrons. The minimum atomic E-state index is -0.716. The third-order valence-electron chi connectivity index (χ3n) is 3.95. The van der Waals surface area contributed by atoms with Gasteiger partial charge in [0.15, 0.2) is 0 Å². The maximum atomic E-state index is 11.8. The van der Waals surface area contributed by atoms with Crippen LogP contribution in [0.1, 0.15) is 40.0 Å². The van der Waals surface area contributed by atoms with Crippen molar-refractivity contribution in [1.29, 1.82) is 0 Å². The Bertz CT molecular complexity index is 345. The van der Waals surface area contributed by atoms with E-state index in [4.69, 9.17) is 4.74 Å². The summed E-state index contributed by atoms with van der Waals surface area (Å²) >= 11 is 0. The third kappa shape index (κ3) is 2.04. The molecule has 17 heavy (non-hydrogen) atoms. The van der Waals surface area contributed by atoms with Gasteiger partial charge in [-0.15, -0.1) is 0 Å². The number of nitrogens with one attached hydrogen (secondary N) is 1. The molecule has 3 atom stereocenters. The maximum absolute atomic E-state index is 11.8. The number of hydrogen-bond donors (Lipinski definition) is 1. The van der Waals surface area contributed by atoms with Gasteiger partial charge in [0.05, 0.1) is 12.2 Å². The van der Waals surface area contributed by atoms with E-state index in [0.29, 0.717) is 13.0 Å². The summed E-state index contributed by atoms with van der Waals surface area (Å²) in [6.45, 7) is 6.27. The molecule has 5 heteroatoms. The van der Waals surface area contributed by atoms with E-state index in [1.807, 2.05) is 20.8 Å². The van der Waals surface area contributed by atoms with Gasteiger partial charge in [-0.05, 0) is 33.1 Å². The van der Waals surface area contributed by atoms with Gasteiger partial charge in [-0.3, -0.25) is 10.1 Å². The summed E-state index contributed by atoms with van der Waals surface area (Å²) in [5.74, 6) is -0.198. The highest BCUT2D eigenvalue weighted by atomic mass is 16.5. The lowest BCUT2D eigenvalue weighted by Gasteiger charge is -2.32. The van der Waals surface area contributed by atoms with Gasteiger partial charge in [-0.2, -0.15) is 0 Å². The number of amides is 3. The molecule has 0 aromatic heterocycles. The number of nitrogens with zero attached hydrogens (tertiary/aromatic N) is 1. The van der Waals surface area contributed by atoms with Crippen LogP contribution in [0.15, 0.2) is 0 Å². The zero-order chi connectivity index (χ0) is 12.6. The van der Waals surface area contributed by atoms with Gasteiger partial charge in [-0.1, -0.05) is 6.92 Å². The lowest BCUT2D eigenvalue weighted by molar-refractivity contribution is -0.126. The fourth-order valence-corrected chi connectivity index (χ4v) is 2.50. The van der Waals surface area contributed by atoms with E-state index in [1.165, 1.54) is 0 Å². The molecule has 2 rings (SSSR count). The van der Waals surface area contributed by atoms with Crippen molar-refractivity contribution in [1.82, 2.24) is 10.2 Å².